The van der Waals surface area contributed by atoms with E-state index in [0.717, 1.165) is 40.1 Å². The zero-order valence-corrected chi connectivity index (χ0v) is 16.4. The van der Waals surface area contributed by atoms with Gasteiger partial charge in [-0.2, -0.15) is 0 Å². The van der Waals surface area contributed by atoms with Crippen LogP contribution in [-0.2, 0) is 13.0 Å². The fourth-order valence-electron chi connectivity index (χ4n) is 3.43. The normalized spacial score (nSPS) is 13.2. The molecule has 0 bridgehead atoms. The molecule has 5 heteroatoms. The number of rotatable bonds is 3. The molecule has 0 unspecified atom stereocenters. The first-order valence-corrected chi connectivity index (χ1v) is 9.41. The third-order valence-corrected chi connectivity index (χ3v) is 5.32. The first-order valence-electron chi connectivity index (χ1n) is 9.41. The quantitative estimate of drug-likeness (QED) is 0.697. The third kappa shape index (κ3) is 3.48. The maximum Gasteiger partial charge on any atom is 0.254 e. The van der Waals surface area contributed by atoms with Crippen molar-refractivity contribution in [2.24, 2.45) is 0 Å². The van der Waals surface area contributed by atoms with Crippen LogP contribution in [0.25, 0.3) is 11.4 Å². The lowest BCUT2D eigenvalue weighted by molar-refractivity contribution is 0.0733. The molecule has 0 aliphatic carbocycles. The lowest BCUT2D eigenvalue weighted by Crippen LogP contribution is -2.36. The molecular formula is C23H23N3O2. The van der Waals surface area contributed by atoms with E-state index in [1.54, 1.807) is 7.11 Å². The number of hydrogen-bond donors (Lipinski definition) is 0. The van der Waals surface area contributed by atoms with Gasteiger partial charge in [0.15, 0.2) is 5.82 Å². The Labute approximate surface area is 165 Å². The number of carbonyl (C=O) groups is 1. The Morgan fingerprint density at radius 1 is 1.07 bits per heavy atom. The molecule has 1 amide bonds. The van der Waals surface area contributed by atoms with Crippen LogP contribution in [0.2, 0.25) is 0 Å². The Balaban J connectivity index is 1.54. The number of nitrogens with zero attached hydrogens (tertiary/aromatic N) is 3. The van der Waals surface area contributed by atoms with E-state index >= 15 is 0 Å². The zero-order valence-electron chi connectivity index (χ0n) is 16.4. The summed E-state index contributed by atoms with van der Waals surface area (Å²) < 4.78 is 5.20. The number of hydrogen-bond acceptors (Lipinski definition) is 4. The molecule has 4 rings (SSSR count). The summed E-state index contributed by atoms with van der Waals surface area (Å²) in [6.45, 7) is 5.30. The summed E-state index contributed by atoms with van der Waals surface area (Å²) in [6.07, 6.45) is 2.58. The van der Waals surface area contributed by atoms with Gasteiger partial charge in [0.05, 0.1) is 12.8 Å². The van der Waals surface area contributed by atoms with Gasteiger partial charge in [-0.15, -0.1) is 0 Å². The molecule has 3 aromatic rings. The van der Waals surface area contributed by atoms with Crippen LogP contribution in [-0.4, -0.2) is 34.4 Å². The summed E-state index contributed by atoms with van der Waals surface area (Å²) in [4.78, 5) is 24.0. The van der Waals surface area contributed by atoms with Crippen LogP contribution in [0.3, 0.4) is 0 Å². The molecule has 2 aromatic carbocycles. The molecule has 2 heterocycles. The summed E-state index contributed by atoms with van der Waals surface area (Å²) in [5.41, 5.74) is 6.06. The van der Waals surface area contributed by atoms with E-state index in [2.05, 4.69) is 11.9 Å². The molecule has 1 aromatic heterocycles. The molecule has 0 radical (unpaired) electrons. The van der Waals surface area contributed by atoms with Gasteiger partial charge in [-0.25, -0.2) is 9.97 Å². The lowest BCUT2D eigenvalue weighted by Gasteiger charge is -2.28. The SMILES string of the molecule is COc1ccc(-c2ncc3c(n2)CCN(C(=O)c2ccc(C)c(C)c2)C3)cc1. The highest BCUT2D eigenvalue weighted by Crippen LogP contribution is 2.24. The number of amides is 1. The molecule has 1 aliphatic heterocycles. The second kappa shape index (κ2) is 7.43. The number of aryl methyl sites for hydroxylation is 2. The Morgan fingerprint density at radius 3 is 2.57 bits per heavy atom. The van der Waals surface area contributed by atoms with Crippen molar-refractivity contribution in [3.05, 3.63) is 76.6 Å². The van der Waals surface area contributed by atoms with Crippen molar-refractivity contribution in [2.75, 3.05) is 13.7 Å². The molecular weight excluding hydrogens is 350 g/mol. The van der Waals surface area contributed by atoms with Crippen molar-refractivity contribution >= 4 is 5.91 Å². The van der Waals surface area contributed by atoms with Crippen LogP contribution in [0.4, 0.5) is 0 Å². The Hall–Kier alpha value is -3.21. The third-order valence-electron chi connectivity index (χ3n) is 5.32. The second-order valence-electron chi connectivity index (χ2n) is 7.17. The number of ether oxygens (including phenoxy) is 1. The van der Waals surface area contributed by atoms with Crippen molar-refractivity contribution in [3.63, 3.8) is 0 Å². The summed E-state index contributed by atoms with van der Waals surface area (Å²) >= 11 is 0. The van der Waals surface area contributed by atoms with Crippen LogP contribution in [0.15, 0.2) is 48.7 Å². The smallest absolute Gasteiger partial charge is 0.254 e. The van der Waals surface area contributed by atoms with Gasteiger partial charge in [-0.05, 0) is 61.4 Å². The Bertz CT molecular complexity index is 1030. The number of fused-ring (bicyclic) bond motifs is 1. The van der Waals surface area contributed by atoms with Crippen molar-refractivity contribution in [1.82, 2.24) is 14.9 Å². The second-order valence-corrected chi connectivity index (χ2v) is 7.17. The van der Waals surface area contributed by atoms with Crippen LogP contribution < -0.4 is 4.74 Å². The standard InChI is InChI=1S/C23H23N3O2/c1-15-4-5-18(12-16(15)2)23(27)26-11-10-21-19(14-26)13-24-22(25-21)17-6-8-20(28-3)9-7-17/h4-9,12-13H,10-11,14H2,1-3H3. The molecule has 1 aliphatic rings. The van der Waals surface area contributed by atoms with E-state index in [4.69, 9.17) is 9.72 Å². The van der Waals surface area contributed by atoms with E-state index in [1.165, 1.54) is 5.56 Å². The molecule has 142 valence electrons. The largest absolute Gasteiger partial charge is 0.497 e. The van der Waals surface area contributed by atoms with Gasteiger partial charge in [0.25, 0.3) is 5.91 Å². The van der Waals surface area contributed by atoms with Crippen molar-refractivity contribution in [1.29, 1.82) is 0 Å². The summed E-state index contributed by atoms with van der Waals surface area (Å²) in [5.74, 6) is 1.57. The van der Waals surface area contributed by atoms with Crippen LogP contribution >= 0.6 is 0 Å². The van der Waals surface area contributed by atoms with E-state index < -0.39 is 0 Å². The zero-order chi connectivity index (χ0) is 19.7. The maximum atomic E-state index is 12.9. The number of carbonyl (C=O) groups excluding carboxylic acids is 1. The minimum absolute atomic E-state index is 0.0629. The van der Waals surface area contributed by atoms with E-state index in [9.17, 15) is 4.79 Å². The first kappa shape index (κ1) is 18.2. The van der Waals surface area contributed by atoms with Crippen LogP contribution in [0.5, 0.6) is 5.75 Å². The monoisotopic (exact) mass is 373 g/mol. The van der Waals surface area contributed by atoms with Gasteiger partial charge in [0, 0.05) is 42.4 Å². The fraction of sp³-hybridized carbons (Fsp3) is 0.261. The predicted octanol–water partition coefficient (Wildman–Crippen LogP) is 3.97. The van der Waals surface area contributed by atoms with Crippen LogP contribution in [0, 0.1) is 13.8 Å². The molecule has 0 saturated carbocycles. The van der Waals surface area contributed by atoms with Crippen LogP contribution in [0.1, 0.15) is 32.7 Å². The summed E-state index contributed by atoms with van der Waals surface area (Å²) in [5, 5.41) is 0. The number of aromatic nitrogens is 2. The van der Waals surface area contributed by atoms with Crippen molar-refractivity contribution < 1.29 is 9.53 Å². The molecule has 0 spiro atoms. The fourth-order valence-corrected chi connectivity index (χ4v) is 3.43. The Morgan fingerprint density at radius 2 is 1.86 bits per heavy atom. The highest BCUT2D eigenvalue weighted by molar-refractivity contribution is 5.94. The molecule has 0 atom stereocenters. The molecule has 5 nitrogen and oxygen atoms in total. The average Bonchev–Trinajstić information content (AvgIpc) is 2.74. The van der Waals surface area contributed by atoms with E-state index in [-0.39, 0.29) is 5.91 Å². The highest BCUT2D eigenvalue weighted by Gasteiger charge is 2.23. The van der Waals surface area contributed by atoms with Crippen molar-refractivity contribution in [2.45, 2.75) is 26.8 Å². The lowest BCUT2D eigenvalue weighted by atomic mass is 10.0. The van der Waals surface area contributed by atoms with Crippen molar-refractivity contribution in [3.8, 4) is 17.1 Å². The number of benzene rings is 2. The van der Waals surface area contributed by atoms with Gasteiger partial charge in [0.2, 0.25) is 0 Å². The highest BCUT2D eigenvalue weighted by atomic mass is 16.5. The molecule has 0 fully saturated rings. The van der Waals surface area contributed by atoms with E-state index in [1.807, 2.05) is 60.5 Å². The Kier molecular flexibility index (Phi) is 4.82. The van der Waals surface area contributed by atoms with Gasteiger partial charge in [0.1, 0.15) is 5.75 Å². The van der Waals surface area contributed by atoms with Gasteiger partial charge >= 0.3 is 0 Å². The molecule has 0 N–H and O–H groups in total. The van der Waals surface area contributed by atoms with E-state index in [0.29, 0.717) is 18.9 Å². The average molecular weight is 373 g/mol. The maximum absolute atomic E-state index is 12.9. The number of methoxy groups -OCH3 is 1. The topological polar surface area (TPSA) is 55.3 Å². The van der Waals surface area contributed by atoms with Gasteiger partial charge in [-0.1, -0.05) is 6.07 Å². The summed E-state index contributed by atoms with van der Waals surface area (Å²) in [7, 11) is 1.65. The molecule has 0 saturated heterocycles. The predicted molar refractivity (Wildman–Crippen MR) is 108 cm³/mol. The van der Waals surface area contributed by atoms with Gasteiger partial charge in [-0.3, -0.25) is 4.79 Å². The summed E-state index contributed by atoms with van der Waals surface area (Å²) in [6, 6.07) is 13.6. The minimum Gasteiger partial charge on any atom is -0.497 e. The van der Waals surface area contributed by atoms with Gasteiger partial charge < -0.3 is 9.64 Å². The first-order chi connectivity index (χ1) is 13.5. The minimum atomic E-state index is 0.0629. The molecule has 28 heavy (non-hydrogen) atoms.